The SMILES string of the molecule is CCC(CC)n1ncc2nc(N3CCN(C(C)=O)CC3)nc(NC(C)c3ccc4oc(C5CC5)cc4c3)c21. The van der Waals surface area contributed by atoms with Gasteiger partial charge in [-0.2, -0.15) is 10.1 Å². The molecule has 2 fully saturated rings. The highest BCUT2D eigenvalue weighted by Crippen LogP contribution is 2.42. The highest BCUT2D eigenvalue weighted by atomic mass is 16.3. The van der Waals surface area contributed by atoms with E-state index in [2.05, 4.69) is 59.9 Å². The average Bonchev–Trinajstić information content (AvgIpc) is 3.55. The van der Waals surface area contributed by atoms with Gasteiger partial charge in [-0.15, -0.1) is 0 Å². The molecule has 1 atom stereocenters. The van der Waals surface area contributed by atoms with Crippen molar-refractivity contribution >= 4 is 39.7 Å². The summed E-state index contributed by atoms with van der Waals surface area (Å²) in [6.07, 6.45) is 6.28. The van der Waals surface area contributed by atoms with Crippen LogP contribution in [-0.4, -0.2) is 56.7 Å². The Morgan fingerprint density at radius 3 is 2.55 bits per heavy atom. The van der Waals surface area contributed by atoms with Gasteiger partial charge in [0.1, 0.15) is 22.4 Å². The van der Waals surface area contributed by atoms with E-state index in [0.29, 0.717) is 38.0 Å². The minimum atomic E-state index is 0.0178. The maximum atomic E-state index is 11.8. The minimum absolute atomic E-state index is 0.0178. The molecule has 3 aromatic heterocycles. The van der Waals surface area contributed by atoms with Crippen molar-refractivity contribution in [2.24, 2.45) is 0 Å². The number of piperazine rings is 1. The van der Waals surface area contributed by atoms with E-state index in [1.54, 1.807) is 6.92 Å². The Kier molecular flexibility index (Phi) is 6.45. The molecule has 0 spiro atoms. The second-order valence-electron chi connectivity index (χ2n) is 10.7. The number of rotatable bonds is 8. The summed E-state index contributed by atoms with van der Waals surface area (Å²) >= 11 is 0. The lowest BCUT2D eigenvalue weighted by molar-refractivity contribution is -0.129. The zero-order valence-electron chi connectivity index (χ0n) is 22.8. The number of aromatic nitrogens is 4. The molecular formula is C29H37N7O2. The first-order valence-electron chi connectivity index (χ1n) is 14.0. The van der Waals surface area contributed by atoms with E-state index < -0.39 is 0 Å². The third kappa shape index (κ3) is 4.59. The lowest BCUT2D eigenvalue weighted by Crippen LogP contribution is -2.48. The number of anilines is 2. The summed E-state index contributed by atoms with van der Waals surface area (Å²) in [4.78, 5) is 25.8. The number of nitrogens with zero attached hydrogens (tertiary/aromatic N) is 6. The van der Waals surface area contributed by atoms with Gasteiger partial charge in [-0.1, -0.05) is 19.9 Å². The molecule has 9 nitrogen and oxygen atoms in total. The van der Waals surface area contributed by atoms with Gasteiger partial charge < -0.3 is 19.5 Å². The third-order valence-electron chi connectivity index (χ3n) is 8.12. The summed E-state index contributed by atoms with van der Waals surface area (Å²) in [6.45, 7) is 10.9. The lowest BCUT2D eigenvalue weighted by atomic mass is 10.1. The van der Waals surface area contributed by atoms with Crippen LogP contribution >= 0.6 is 0 Å². The van der Waals surface area contributed by atoms with Crippen LogP contribution < -0.4 is 10.2 Å². The van der Waals surface area contributed by atoms with Crippen LogP contribution in [0.5, 0.6) is 0 Å². The third-order valence-corrected chi connectivity index (χ3v) is 8.12. The van der Waals surface area contributed by atoms with Gasteiger partial charge in [0.2, 0.25) is 11.9 Å². The molecule has 1 aromatic carbocycles. The maximum absolute atomic E-state index is 11.8. The number of amides is 1. The monoisotopic (exact) mass is 515 g/mol. The van der Waals surface area contributed by atoms with Crippen molar-refractivity contribution in [1.82, 2.24) is 24.6 Å². The van der Waals surface area contributed by atoms with E-state index in [9.17, 15) is 4.79 Å². The van der Waals surface area contributed by atoms with Crippen molar-refractivity contribution in [3.63, 3.8) is 0 Å². The first kappa shape index (κ1) is 24.7. The van der Waals surface area contributed by atoms with Crippen LogP contribution in [0.2, 0.25) is 0 Å². The maximum Gasteiger partial charge on any atom is 0.228 e. The molecule has 1 saturated carbocycles. The van der Waals surface area contributed by atoms with Crippen molar-refractivity contribution in [3.05, 3.63) is 41.8 Å². The number of carbonyl (C=O) groups excluding carboxylic acids is 1. The summed E-state index contributed by atoms with van der Waals surface area (Å²) in [7, 11) is 0. The highest BCUT2D eigenvalue weighted by molar-refractivity contribution is 5.87. The quantitative estimate of drug-likeness (QED) is 0.324. The molecule has 2 aliphatic rings. The van der Waals surface area contributed by atoms with E-state index in [1.165, 1.54) is 18.4 Å². The van der Waals surface area contributed by atoms with Crippen LogP contribution in [0.4, 0.5) is 11.8 Å². The predicted molar refractivity (Wildman–Crippen MR) is 150 cm³/mol. The summed E-state index contributed by atoms with van der Waals surface area (Å²) < 4.78 is 8.17. The molecule has 9 heteroatoms. The van der Waals surface area contributed by atoms with Crippen molar-refractivity contribution < 1.29 is 9.21 Å². The number of furan rings is 1. The number of nitrogens with one attached hydrogen (secondary N) is 1. The minimum Gasteiger partial charge on any atom is -0.461 e. The largest absolute Gasteiger partial charge is 0.461 e. The second kappa shape index (κ2) is 9.93. The van der Waals surface area contributed by atoms with Crippen LogP contribution in [0.25, 0.3) is 22.0 Å². The first-order valence-corrected chi connectivity index (χ1v) is 14.0. The number of hydrogen-bond acceptors (Lipinski definition) is 7. The number of benzene rings is 1. The second-order valence-corrected chi connectivity index (χ2v) is 10.7. The van der Waals surface area contributed by atoms with E-state index in [1.807, 2.05) is 11.1 Å². The number of carbonyl (C=O) groups is 1. The molecule has 1 saturated heterocycles. The molecule has 1 aliphatic carbocycles. The fourth-order valence-corrected chi connectivity index (χ4v) is 5.53. The van der Waals surface area contributed by atoms with Gasteiger partial charge in [0.15, 0.2) is 5.82 Å². The number of hydrogen-bond donors (Lipinski definition) is 1. The molecular weight excluding hydrogens is 478 g/mol. The van der Waals surface area contributed by atoms with E-state index in [-0.39, 0.29) is 18.0 Å². The Labute approximate surface area is 223 Å². The summed E-state index contributed by atoms with van der Waals surface area (Å²) in [5.74, 6) is 3.29. The smallest absolute Gasteiger partial charge is 0.228 e. The van der Waals surface area contributed by atoms with Crippen LogP contribution in [0.3, 0.4) is 0 Å². The molecule has 38 heavy (non-hydrogen) atoms. The molecule has 1 N–H and O–H groups in total. The van der Waals surface area contributed by atoms with Gasteiger partial charge in [-0.05, 0) is 56.4 Å². The molecule has 0 bridgehead atoms. The zero-order chi connectivity index (χ0) is 26.4. The highest BCUT2D eigenvalue weighted by Gasteiger charge is 2.28. The van der Waals surface area contributed by atoms with Gasteiger partial charge in [-0.25, -0.2) is 4.98 Å². The van der Waals surface area contributed by atoms with Gasteiger partial charge >= 0.3 is 0 Å². The van der Waals surface area contributed by atoms with Gasteiger partial charge in [-0.3, -0.25) is 9.48 Å². The molecule has 0 radical (unpaired) electrons. The Morgan fingerprint density at radius 2 is 1.87 bits per heavy atom. The van der Waals surface area contributed by atoms with Gasteiger partial charge in [0.25, 0.3) is 0 Å². The van der Waals surface area contributed by atoms with Crippen molar-refractivity contribution in [1.29, 1.82) is 0 Å². The van der Waals surface area contributed by atoms with Crippen molar-refractivity contribution in [2.45, 2.75) is 71.4 Å². The Hall–Kier alpha value is -3.62. The predicted octanol–water partition coefficient (Wildman–Crippen LogP) is 5.65. The summed E-state index contributed by atoms with van der Waals surface area (Å²) in [5.41, 5.74) is 3.91. The summed E-state index contributed by atoms with van der Waals surface area (Å²) in [5, 5.41) is 9.62. The van der Waals surface area contributed by atoms with Gasteiger partial charge in [0.05, 0.1) is 18.3 Å². The molecule has 6 rings (SSSR count). The Balaban J connectivity index is 1.34. The fourth-order valence-electron chi connectivity index (χ4n) is 5.53. The Morgan fingerprint density at radius 1 is 1.11 bits per heavy atom. The molecule has 1 unspecified atom stereocenters. The van der Waals surface area contributed by atoms with E-state index in [0.717, 1.165) is 46.4 Å². The van der Waals surface area contributed by atoms with Crippen LogP contribution in [-0.2, 0) is 4.79 Å². The van der Waals surface area contributed by atoms with Crippen molar-refractivity contribution in [3.8, 4) is 0 Å². The summed E-state index contributed by atoms with van der Waals surface area (Å²) in [6, 6.07) is 8.94. The Bertz CT molecular complexity index is 1460. The topological polar surface area (TPSA) is 92.3 Å². The average molecular weight is 516 g/mol. The normalized spacial score (nSPS) is 17.1. The fraction of sp³-hybridized carbons (Fsp3) is 0.517. The van der Waals surface area contributed by atoms with Crippen molar-refractivity contribution in [2.75, 3.05) is 36.4 Å². The molecule has 1 amide bonds. The van der Waals surface area contributed by atoms with Crippen LogP contribution in [0.1, 0.15) is 82.7 Å². The number of fused-ring (bicyclic) bond motifs is 2. The van der Waals surface area contributed by atoms with Crippen LogP contribution in [0, 0.1) is 0 Å². The lowest BCUT2D eigenvalue weighted by Gasteiger charge is -2.34. The molecule has 200 valence electrons. The molecule has 4 heterocycles. The van der Waals surface area contributed by atoms with E-state index in [4.69, 9.17) is 19.5 Å². The van der Waals surface area contributed by atoms with E-state index >= 15 is 0 Å². The standard InChI is InChI=1S/C29H37N7O2/c1-5-23(6-2)36-27-24(17-30-36)32-29(35-13-11-34(12-14-35)19(4)37)33-28(27)31-18(3)21-9-10-25-22(15-21)16-26(38-25)20-7-8-20/h9-10,15-18,20,23H,5-8,11-14H2,1-4H3,(H,31,32,33). The van der Waals surface area contributed by atoms with Gasteiger partial charge in [0, 0.05) is 44.4 Å². The molecule has 1 aliphatic heterocycles. The molecule has 4 aromatic rings. The zero-order valence-corrected chi connectivity index (χ0v) is 22.8. The van der Waals surface area contributed by atoms with Crippen LogP contribution in [0.15, 0.2) is 34.9 Å². The first-order chi connectivity index (χ1) is 18.4.